The molecule has 0 aliphatic heterocycles. The van der Waals surface area contributed by atoms with E-state index in [1.165, 1.54) is 0 Å². The van der Waals surface area contributed by atoms with Crippen LogP contribution in [-0.4, -0.2) is 43.7 Å². The molecule has 0 fully saturated rings. The standard InChI is InChI=1S/C10H22N2O2/c1-4-12(7-9(2)3)10(13)8-14-6-5-11/h9H,4-8,11H2,1-3H3. The Hall–Kier alpha value is -0.610. The van der Waals surface area contributed by atoms with Crippen LogP contribution < -0.4 is 5.73 Å². The minimum absolute atomic E-state index is 0.0506. The summed E-state index contributed by atoms with van der Waals surface area (Å²) in [6.07, 6.45) is 0. The number of amides is 1. The lowest BCUT2D eigenvalue weighted by Gasteiger charge is -2.22. The molecule has 0 aromatic carbocycles. The molecular formula is C10H22N2O2. The van der Waals surface area contributed by atoms with Gasteiger partial charge >= 0.3 is 0 Å². The molecule has 2 N–H and O–H groups in total. The number of hydrogen-bond donors (Lipinski definition) is 1. The normalized spacial score (nSPS) is 10.6. The highest BCUT2D eigenvalue weighted by Crippen LogP contribution is 1.99. The van der Waals surface area contributed by atoms with Gasteiger partial charge in [-0.3, -0.25) is 4.79 Å². The SMILES string of the molecule is CCN(CC(C)C)C(=O)COCCN. The molecule has 84 valence electrons. The summed E-state index contributed by atoms with van der Waals surface area (Å²) in [6.45, 7) is 8.76. The molecule has 0 bridgehead atoms. The third kappa shape index (κ3) is 5.94. The van der Waals surface area contributed by atoms with Crippen molar-refractivity contribution in [1.29, 1.82) is 0 Å². The van der Waals surface area contributed by atoms with E-state index in [0.717, 1.165) is 13.1 Å². The van der Waals surface area contributed by atoms with Gasteiger partial charge in [-0.05, 0) is 12.8 Å². The van der Waals surface area contributed by atoms with Crippen molar-refractivity contribution in [3.63, 3.8) is 0 Å². The Balaban J connectivity index is 3.79. The fourth-order valence-electron chi connectivity index (χ4n) is 1.18. The number of ether oxygens (including phenoxy) is 1. The Morgan fingerprint density at radius 2 is 2.14 bits per heavy atom. The first-order valence-corrected chi connectivity index (χ1v) is 5.17. The topological polar surface area (TPSA) is 55.6 Å². The highest BCUT2D eigenvalue weighted by molar-refractivity contribution is 5.77. The van der Waals surface area contributed by atoms with E-state index < -0.39 is 0 Å². The second-order valence-corrected chi connectivity index (χ2v) is 3.67. The van der Waals surface area contributed by atoms with Gasteiger partial charge in [0.2, 0.25) is 5.91 Å². The number of rotatable bonds is 7. The van der Waals surface area contributed by atoms with Crippen LogP contribution in [0.1, 0.15) is 20.8 Å². The minimum Gasteiger partial charge on any atom is -0.370 e. The molecule has 0 radical (unpaired) electrons. The molecule has 0 aromatic rings. The lowest BCUT2D eigenvalue weighted by Crippen LogP contribution is -2.36. The zero-order chi connectivity index (χ0) is 11.0. The second-order valence-electron chi connectivity index (χ2n) is 3.67. The maximum atomic E-state index is 11.5. The van der Waals surface area contributed by atoms with E-state index in [4.69, 9.17) is 10.5 Å². The summed E-state index contributed by atoms with van der Waals surface area (Å²) in [6, 6.07) is 0. The summed E-state index contributed by atoms with van der Waals surface area (Å²) >= 11 is 0. The largest absolute Gasteiger partial charge is 0.370 e. The van der Waals surface area contributed by atoms with E-state index in [2.05, 4.69) is 13.8 Å². The van der Waals surface area contributed by atoms with Crippen LogP contribution in [-0.2, 0) is 9.53 Å². The van der Waals surface area contributed by atoms with Crippen molar-refractivity contribution in [2.24, 2.45) is 11.7 Å². The summed E-state index contributed by atoms with van der Waals surface area (Å²) in [4.78, 5) is 13.4. The number of carbonyl (C=O) groups is 1. The van der Waals surface area contributed by atoms with Crippen LogP contribution in [0.4, 0.5) is 0 Å². The quantitative estimate of drug-likeness (QED) is 0.610. The van der Waals surface area contributed by atoms with Crippen LogP contribution in [0.2, 0.25) is 0 Å². The average Bonchev–Trinajstić information content (AvgIpc) is 2.14. The van der Waals surface area contributed by atoms with Crippen LogP contribution in [0, 0.1) is 5.92 Å². The summed E-state index contributed by atoms with van der Waals surface area (Å²) in [5.41, 5.74) is 5.25. The molecule has 0 aliphatic rings. The molecule has 4 heteroatoms. The van der Waals surface area contributed by atoms with Gasteiger partial charge in [-0.2, -0.15) is 0 Å². The highest BCUT2D eigenvalue weighted by Gasteiger charge is 2.12. The Kier molecular flexibility index (Phi) is 7.42. The van der Waals surface area contributed by atoms with Crippen molar-refractivity contribution in [3.05, 3.63) is 0 Å². The number of nitrogens with zero attached hydrogens (tertiary/aromatic N) is 1. The van der Waals surface area contributed by atoms with Gasteiger partial charge in [-0.25, -0.2) is 0 Å². The molecule has 0 aliphatic carbocycles. The van der Waals surface area contributed by atoms with E-state index in [9.17, 15) is 4.79 Å². The first-order valence-electron chi connectivity index (χ1n) is 5.17. The van der Waals surface area contributed by atoms with Crippen molar-refractivity contribution in [1.82, 2.24) is 4.90 Å². The summed E-state index contributed by atoms with van der Waals surface area (Å²) in [5.74, 6) is 0.544. The van der Waals surface area contributed by atoms with Crippen molar-refractivity contribution in [3.8, 4) is 0 Å². The van der Waals surface area contributed by atoms with Gasteiger partial charge in [0.05, 0.1) is 6.61 Å². The number of hydrogen-bond acceptors (Lipinski definition) is 3. The maximum Gasteiger partial charge on any atom is 0.248 e. The van der Waals surface area contributed by atoms with Gasteiger partial charge in [0, 0.05) is 19.6 Å². The van der Waals surface area contributed by atoms with Crippen LogP contribution >= 0.6 is 0 Å². The van der Waals surface area contributed by atoms with Crippen LogP contribution in [0.3, 0.4) is 0 Å². The predicted octanol–water partition coefficient (Wildman–Crippen LogP) is 0.466. The lowest BCUT2D eigenvalue weighted by molar-refractivity contribution is -0.136. The van der Waals surface area contributed by atoms with Crippen LogP contribution in [0.25, 0.3) is 0 Å². The molecule has 0 spiro atoms. The fourth-order valence-corrected chi connectivity index (χ4v) is 1.18. The Bertz CT molecular complexity index is 160. The molecule has 1 amide bonds. The Morgan fingerprint density at radius 1 is 1.50 bits per heavy atom. The van der Waals surface area contributed by atoms with Crippen molar-refractivity contribution in [2.45, 2.75) is 20.8 Å². The minimum atomic E-state index is 0.0506. The number of carbonyl (C=O) groups excluding carboxylic acids is 1. The molecule has 14 heavy (non-hydrogen) atoms. The molecule has 0 saturated carbocycles. The molecule has 4 nitrogen and oxygen atoms in total. The van der Waals surface area contributed by atoms with Gasteiger partial charge in [0.1, 0.15) is 6.61 Å². The van der Waals surface area contributed by atoms with E-state index in [1.54, 1.807) is 4.90 Å². The van der Waals surface area contributed by atoms with E-state index in [0.29, 0.717) is 19.1 Å². The second kappa shape index (κ2) is 7.76. The van der Waals surface area contributed by atoms with Crippen molar-refractivity contribution < 1.29 is 9.53 Å². The summed E-state index contributed by atoms with van der Waals surface area (Å²) < 4.78 is 5.09. The van der Waals surface area contributed by atoms with Gasteiger partial charge in [-0.15, -0.1) is 0 Å². The van der Waals surface area contributed by atoms with Gasteiger partial charge in [0.25, 0.3) is 0 Å². The number of likely N-dealkylation sites (N-methyl/N-ethyl adjacent to an activating group) is 1. The zero-order valence-electron chi connectivity index (χ0n) is 9.45. The first-order chi connectivity index (χ1) is 6.61. The van der Waals surface area contributed by atoms with Gasteiger partial charge < -0.3 is 15.4 Å². The summed E-state index contributed by atoms with van der Waals surface area (Å²) in [5, 5.41) is 0. The van der Waals surface area contributed by atoms with Gasteiger partial charge in [-0.1, -0.05) is 13.8 Å². The molecule has 0 saturated heterocycles. The van der Waals surface area contributed by atoms with E-state index in [1.807, 2.05) is 6.92 Å². The Morgan fingerprint density at radius 3 is 2.57 bits per heavy atom. The molecule has 0 rings (SSSR count). The van der Waals surface area contributed by atoms with Crippen LogP contribution in [0.5, 0.6) is 0 Å². The third-order valence-electron chi connectivity index (χ3n) is 1.81. The predicted molar refractivity (Wildman–Crippen MR) is 57.0 cm³/mol. The van der Waals surface area contributed by atoms with Crippen molar-refractivity contribution in [2.75, 3.05) is 32.8 Å². The molecule has 0 unspecified atom stereocenters. The first kappa shape index (κ1) is 13.4. The monoisotopic (exact) mass is 202 g/mol. The smallest absolute Gasteiger partial charge is 0.248 e. The molecular weight excluding hydrogens is 180 g/mol. The summed E-state index contributed by atoms with van der Waals surface area (Å²) in [7, 11) is 0. The third-order valence-corrected chi connectivity index (χ3v) is 1.81. The number of nitrogens with two attached hydrogens (primary N) is 1. The molecule has 0 heterocycles. The molecule has 0 aromatic heterocycles. The van der Waals surface area contributed by atoms with E-state index in [-0.39, 0.29) is 12.5 Å². The van der Waals surface area contributed by atoms with E-state index >= 15 is 0 Å². The van der Waals surface area contributed by atoms with Crippen molar-refractivity contribution >= 4 is 5.91 Å². The highest BCUT2D eigenvalue weighted by atomic mass is 16.5. The zero-order valence-corrected chi connectivity index (χ0v) is 9.45. The Labute approximate surface area is 86.4 Å². The maximum absolute atomic E-state index is 11.5. The average molecular weight is 202 g/mol. The lowest BCUT2D eigenvalue weighted by atomic mass is 10.2. The molecule has 0 atom stereocenters. The van der Waals surface area contributed by atoms with Crippen LogP contribution in [0.15, 0.2) is 0 Å². The fraction of sp³-hybridized carbons (Fsp3) is 0.900. The van der Waals surface area contributed by atoms with Gasteiger partial charge in [0.15, 0.2) is 0 Å².